The molecule has 0 aromatic heterocycles. The summed E-state index contributed by atoms with van der Waals surface area (Å²) in [7, 11) is 0. The van der Waals surface area contributed by atoms with E-state index in [0.29, 0.717) is 16.7 Å². The van der Waals surface area contributed by atoms with Crippen LogP contribution in [-0.2, 0) is 4.79 Å². The van der Waals surface area contributed by atoms with Crippen molar-refractivity contribution in [3.8, 4) is 5.75 Å². The molecule has 0 aliphatic heterocycles. The molecule has 1 rings (SSSR count). The highest BCUT2D eigenvalue weighted by Crippen LogP contribution is 2.29. The Balaban J connectivity index is 2.90. The number of hydrogen-bond acceptors (Lipinski definition) is 4. The van der Waals surface area contributed by atoms with Gasteiger partial charge < -0.3 is 9.84 Å². The van der Waals surface area contributed by atoms with Crippen molar-refractivity contribution in [1.29, 1.82) is 0 Å². The number of carbonyl (C=O) groups excluding carboxylic acids is 1. The molecule has 0 radical (unpaired) electrons. The summed E-state index contributed by atoms with van der Waals surface area (Å²) in [6.07, 6.45) is 0. The van der Waals surface area contributed by atoms with Crippen LogP contribution in [0.2, 0.25) is 0 Å². The van der Waals surface area contributed by atoms with Gasteiger partial charge in [-0.05, 0) is 23.9 Å². The summed E-state index contributed by atoms with van der Waals surface area (Å²) < 4.78 is 4.82. The van der Waals surface area contributed by atoms with E-state index in [9.17, 15) is 9.59 Å². The maximum absolute atomic E-state index is 10.7. The summed E-state index contributed by atoms with van der Waals surface area (Å²) in [6, 6.07) is 6.48. The maximum Gasteiger partial charge on any atom is 0.369 e. The summed E-state index contributed by atoms with van der Waals surface area (Å²) in [4.78, 5) is 21.5. The molecule has 0 atom stereocenters. The van der Waals surface area contributed by atoms with Crippen LogP contribution in [0.4, 0.5) is 4.79 Å². The quantitative estimate of drug-likeness (QED) is 0.463. The van der Waals surface area contributed by atoms with Crippen molar-refractivity contribution < 1.29 is 19.4 Å². The van der Waals surface area contributed by atoms with Gasteiger partial charge in [-0.25, -0.2) is 4.79 Å². The summed E-state index contributed by atoms with van der Waals surface area (Å²) >= 11 is 0.606. The van der Waals surface area contributed by atoms with Crippen molar-refractivity contribution >= 4 is 23.0 Å². The molecule has 0 bridgehead atoms. The third-order valence-electron chi connectivity index (χ3n) is 1.30. The molecule has 0 aliphatic carbocycles. The van der Waals surface area contributed by atoms with Crippen molar-refractivity contribution in [3.05, 3.63) is 24.3 Å². The average molecular weight is 212 g/mol. The van der Waals surface area contributed by atoms with Crippen LogP contribution >= 0.6 is 11.8 Å². The van der Waals surface area contributed by atoms with Gasteiger partial charge in [-0.2, -0.15) is 0 Å². The SMILES string of the molecule is CC(=O)Oc1ccccc1SC(=O)O. The normalized spacial score (nSPS) is 9.50. The van der Waals surface area contributed by atoms with E-state index in [-0.39, 0.29) is 5.75 Å². The van der Waals surface area contributed by atoms with Crippen LogP contribution in [0.3, 0.4) is 0 Å². The van der Waals surface area contributed by atoms with Gasteiger partial charge in [0.1, 0.15) is 5.75 Å². The summed E-state index contributed by atoms with van der Waals surface area (Å²) in [5, 5.41) is 7.51. The Morgan fingerprint density at radius 2 is 2.00 bits per heavy atom. The minimum absolute atomic E-state index is 0.271. The number of para-hydroxylation sites is 1. The Labute approximate surface area is 84.9 Å². The van der Waals surface area contributed by atoms with Gasteiger partial charge in [0.2, 0.25) is 0 Å². The second-order valence-electron chi connectivity index (χ2n) is 2.41. The molecule has 74 valence electrons. The Hall–Kier alpha value is -1.49. The first-order valence-corrected chi connectivity index (χ1v) is 4.59. The third-order valence-corrected chi connectivity index (χ3v) is 2.03. The van der Waals surface area contributed by atoms with Crippen LogP contribution in [0, 0.1) is 0 Å². The number of carboxylic acid groups (broad SMARTS) is 1. The van der Waals surface area contributed by atoms with E-state index >= 15 is 0 Å². The lowest BCUT2D eigenvalue weighted by Gasteiger charge is -2.04. The topological polar surface area (TPSA) is 63.6 Å². The van der Waals surface area contributed by atoms with E-state index in [0.717, 1.165) is 0 Å². The zero-order valence-electron chi connectivity index (χ0n) is 7.39. The van der Waals surface area contributed by atoms with Crippen molar-refractivity contribution in [2.24, 2.45) is 0 Å². The van der Waals surface area contributed by atoms with Crippen molar-refractivity contribution in [2.45, 2.75) is 11.8 Å². The number of esters is 1. The average Bonchev–Trinajstić information content (AvgIpc) is 2.06. The Bertz CT molecular complexity index is 327. The predicted octanol–water partition coefficient (Wildman–Crippen LogP) is 2.38. The molecule has 0 heterocycles. The number of ether oxygens (including phenoxy) is 1. The summed E-state index contributed by atoms with van der Waals surface area (Å²) in [5.74, 6) is -0.198. The van der Waals surface area contributed by atoms with E-state index in [4.69, 9.17) is 9.84 Å². The molecule has 0 saturated carbocycles. The fourth-order valence-corrected chi connectivity index (χ4v) is 1.41. The van der Waals surface area contributed by atoms with Gasteiger partial charge in [0.15, 0.2) is 0 Å². The maximum atomic E-state index is 10.7. The van der Waals surface area contributed by atoms with Gasteiger partial charge in [0, 0.05) is 6.92 Å². The minimum Gasteiger partial charge on any atom is -0.473 e. The van der Waals surface area contributed by atoms with Crippen LogP contribution in [0.15, 0.2) is 29.2 Å². The van der Waals surface area contributed by atoms with Crippen molar-refractivity contribution in [1.82, 2.24) is 0 Å². The second kappa shape index (κ2) is 4.66. The standard InChI is InChI=1S/C9H8O4S/c1-6(10)13-7-4-2-3-5-8(7)14-9(11)12/h2-5H,1H3,(H,11,12). The molecule has 0 unspecified atom stereocenters. The molecular weight excluding hydrogens is 204 g/mol. The number of hydrogen-bond donors (Lipinski definition) is 1. The summed E-state index contributed by atoms with van der Waals surface area (Å²) in [5.41, 5.74) is 0. The fourth-order valence-electron chi connectivity index (χ4n) is 0.868. The lowest BCUT2D eigenvalue weighted by atomic mass is 10.3. The molecule has 1 aromatic rings. The van der Waals surface area contributed by atoms with Gasteiger partial charge in [-0.15, -0.1) is 0 Å². The number of rotatable bonds is 2. The van der Waals surface area contributed by atoms with E-state index in [1.807, 2.05) is 0 Å². The van der Waals surface area contributed by atoms with Crippen molar-refractivity contribution in [3.63, 3.8) is 0 Å². The molecule has 0 aliphatic rings. The largest absolute Gasteiger partial charge is 0.473 e. The van der Waals surface area contributed by atoms with Gasteiger partial charge >= 0.3 is 11.3 Å². The fraction of sp³-hybridized carbons (Fsp3) is 0.111. The Morgan fingerprint density at radius 1 is 1.36 bits per heavy atom. The first-order chi connectivity index (χ1) is 6.59. The molecule has 0 saturated heterocycles. The Kier molecular flexibility index (Phi) is 3.53. The number of benzene rings is 1. The molecule has 14 heavy (non-hydrogen) atoms. The van der Waals surface area contributed by atoms with Crippen LogP contribution < -0.4 is 4.74 Å². The van der Waals surface area contributed by atoms with Gasteiger partial charge in [-0.3, -0.25) is 4.79 Å². The van der Waals surface area contributed by atoms with Crippen molar-refractivity contribution in [2.75, 3.05) is 0 Å². The zero-order valence-corrected chi connectivity index (χ0v) is 8.21. The lowest BCUT2D eigenvalue weighted by molar-refractivity contribution is -0.132. The first-order valence-electron chi connectivity index (χ1n) is 3.78. The van der Waals surface area contributed by atoms with Gasteiger partial charge in [0.25, 0.3) is 0 Å². The van der Waals surface area contributed by atoms with Crippen LogP contribution in [0.1, 0.15) is 6.92 Å². The number of thioether (sulfide) groups is 1. The Morgan fingerprint density at radius 3 is 2.57 bits per heavy atom. The van der Waals surface area contributed by atoms with E-state index < -0.39 is 11.3 Å². The molecule has 5 heteroatoms. The molecule has 0 amide bonds. The van der Waals surface area contributed by atoms with Crippen LogP contribution in [0.25, 0.3) is 0 Å². The molecule has 0 fully saturated rings. The molecule has 0 spiro atoms. The highest BCUT2D eigenvalue weighted by atomic mass is 32.2. The molecular formula is C9H8O4S. The van der Waals surface area contributed by atoms with Crippen LogP contribution in [0.5, 0.6) is 5.75 Å². The van der Waals surface area contributed by atoms with E-state index in [2.05, 4.69) is 0 Å². The van der Waals surface area contributed by atoms with E-state index in [1.165, 1.54) is 6.92 Å². The summed E-state index contributed by atoms with van der Waals surface area (Å²) in [6.45, 7) is 1.27. The van der Waals surface area contributed by atoms with Gasteiger partial charge in [-0.1, -0.05) is 12.1 Å². The molecule has 4 nitrogen and oxygen atoms in total. The third kappa shape index (κ3) is 3.10. The zero-order chi connectivity index (χ0) is 10.6. The monoisotopic (exact) mass is 212 g/mol. The van der Waals surface area contributed by atoms with Gasteiger partial charge in [0.05, 0.1) is 4.90 Å². The number of carbonyl (C=O) groups is 2. The molecule has 1 aromatic carbocycles. The minimum atomic E-state index is -1.04. The highest BCUT2D eigenvalue weighted by Gasteiger charge is 2.09. The van der Waals surface area contributed by atoms with Crippen LogP contribution in [-0.4, -0.2) is 16.4 Å². The highest BCUT2D eigenvalue weighted by molar-refractivity contribution is 8.13. The second-order valence-corrected chi connectivity index (χ2v) is 3.40. The molecule has 1 N–H and O–H groups in total. The predicted molar refractivity (Wildman–Crippen MR) is 51.6 cm³/mol. The smallest absolute Gasteiger partial charge is 0.369 e. The lowest BCUT2D eigenvalue weighted by Crippen LogP contribution is -2.02. The first kappa shape index (κ1) is 10.6. The van der Waals surface area contributed by atoms with E-state index in [1.54, 1.807) is 24.3 Å².